The Bertz CT molecular complexity index is 131. The van der Waals surface area contributed by atoms with Gasteiger partial charge in [-0.2, -0.15) is 0 Å². The van der Waals surface area contributed by atoms with Crippen LogP contribution in [0.15, 0.2) is 0 Å². The molecule has 1 nitrogen and oxygen atoms in total. The lowest BCUT2D eigenvalue weighted by Gasteiger charge is -1.95. The summed E-state index contributed by atoms with van der Waals surface area (Å²) in [6.45, 7) is 6.64. The van der Waals surface area contributed by atoms with Gasteiger partial charge in [0.15, 0.2) is 0 Å². The van der Waals surface area contributed by atoms with E-state index in [9.17, 15) is 4.79 Å². The molecule has 0 saturated carbocycles. The normalized spacial score (nSPS) is 9.50. The van der Waals surface area contributed by atoms with Crippen LogP contribution in [0.1, 0.15) is 85.0 Å². The molecule has 0 bridgehead atoms. The molecule has 2 heteroatoms. The van der Waals surface area contributed by atoms with Gasteiger partial charge < -0.3 is 0 Å². The first-order valence-corrected chi connectivity index (χ1v) is 7.25. The van der Waals surface area contributed by atoms with E-state index in [1.54, 1.807) is 0 Å². The largest absolute Gasteiger partial charge is 0.281 e. The minimum absolute atomic E-state index is 0.198. The van der Waals surface area contributed by atoms with Crippen LogP contribution >= 0.6 is 11.6 Å². The summed E-state index contributed by atoms with van der Waals surface area (Å²) in [6.07, 6.45) is 11.9. The quantitative estimate of drug-likeness (QED) is 0.378. The van der Waals surface area contributed by atoms with Crippen LogP contribution in [0, 0.1) is 0 Å². The van der Waals surface area contributed by atoms with Crippen LogP contribution in [-0.4, -0.2) is 5.24 Å². The first-order valence-electron chi connectivity index (χ1n) is 6.87. The van der Waals surface area contributed by atoms with E-state index in [2.05, 4.69) is 20.8 Å². The van der Waals surface area contributed by atoms with Gasteiger partial charge in [-0.3, -0.25) is 4.79 Å². The van der Waals surface area contributed by atoms with Crippen molar-refractivity contribution in [2.24, 2.45) is 0 Å². The molecule has 0 aliphatic carbocycles. The first-order chi connectivity index (χ1) is 7.68. The second-order valence-corrected chi connectivity index (χ2v) is 4.65. The average Bonchev–Trinajstić information content (AvgIpc) is 2.26. The zero-order valence-corrected chi connectivity index (χ0v) is 12.1. The SMILES string of the molecule is CCCCCC.CCCCCCCC(=O)Cl. The molecule has 0 fully saturated rings. The summed E-state index contributed by atoms with van der Waals surface area (Å²) in [6, 6.07) is 0. The van der Waals surface area contributed by atoms with E-state index in [1.165, 1.54) is 44.9 Å². The number of carbonyl (C=O) groups is 1. The molecule has 0 aliphatic heterocycles. The maximum absolute atomic E-state index is 10.2. The fraction of sp³-hybridized carbons (Fsp3) is 0.929. The smallest absolute Gasteiger partial charge is 0.221 e. The molecular formula is C14H29ClO. The Kier molecular flexibility index (Phi) is 19.9. The zero-order valence-electron chi connectivity index (χ0n) is 11.4. The Labute approximate surface area is 107 Å². The monoisotopic (exact) mass is 248 g/mol. The summed E-state index contributed by atoms with van der Waals surface area (Å²) in [5.41, 5.74) is 0. The van der Waals surface area contributed by atoms with Crippen LogP contribution in [0.3, 0.4) is 0 Å². The summed E-state index contributed by atoms with van der Waals surface area (Å²) in [5, 5.41) is -0.198. The van der Waals surface area contributed by atoms with E-state index in [1.807, 2.05) is 0 Å². The molecule has 0 aromatic heterocycles. The van der Waals surface area contributed by atoms with Gasteiger partial charge in [0.25, 0.3) is 0 Å². The third kappa shape index (κ3) is 23.6. The minimum atomic E-state index is -0.198. The van der Waals surface area contributed by atoms with E-state index >= 15 is 0 Å². The second kappa shape index (κ2) is 17.4. The summed E-state index contributed by atoms with van der Waals surface area (Å²) < 4.78 is 0. The summed E-state index contributed by atoms with van der Waals surface area (Å²) in [7, 11) is 0. The van der Waals surface area contributed by atoms with E-state index in [4.69, 9.17) is 11.6 Å². The van der Waals surface area contributed by atoms with Gasteiger partial charge in [0, 0.05) is 6.42 Å². The lowest BCUT2D eigenvalue weighted by atomic mass is 10.1. The summed E-state index contributed by atoms with van der Waals surface area (Å²) in [4.78, 5) is 10.2. The molecule has 16 heavy (non-hydrogen) atoms. The minimum Gasteiger partial charge on any atom is -0.281 e. The van der Waals surface area contributed by atoms with Gasteiger partial charge in [0.05, 0.1) is 0 Å². The van der Waals surface area contributed by atoms with Crippen molar-refractivity contribution in [1.82, 2.24) is 0 Å². The zero-order chi connectivity index (χ0) is 12.6. The molecule has 0 rings (SSSR count). The van der Waals surface area contributed by atoms with E-state index in [0.29, 0.717) is 6.42 Å². The molecule has 0 saturated heterocycles. The summed E-state index contributed by atoms with van der Waals surface area (Å²) in [5.74, 6) is 0. The molecule has 0 atom stereocenters. The number of rotatable bonds is 9. The van der Waals surface area contributed by atoms with Crippen molar-refractivity contribution in [3.8, 4) is 0 Å². The number of unbranched alkanes of at least 4 members (excludes halogenated alkanes) is 7. The standard InChI is InChI=1S/C8H15ClO.C6H14/c1-2-3-4-5-6-7-8(9)10;1-3-5-6-4-2/h2-7H2,1H3;3-6H2,1-2H3. The predicted octanol–water partition coefficient (Wildman–Crippen LogP) is 5.70. The van der Waals surface area contributed by atoms with Crippen LogP contribution in [0.5, 0.6) is 0 Å². The fourth-order valence-electron chi connectivity index (χ4n) is 1.37. The van der Waals surface area contributed by atoms with Crippen LogP contribution in [0.25, 0.3) is 0 Å². The molecule has 0 amide bonds. The third-order valence-corrected chi connectivity index (χ3v) is 2.62. The second-order valence-electron chi connectivity index (χ2n) is 4.23. The number of halogens is 1. The Morgan fingerprint density at radius 2 is 1.12 bits per heavy atom. The van der Waals surface area contributed by atoms with Gasteiger partial charge in [-0.15, -0.1) is 0 Å². The summed E-state index contributed by atoms with van der Waals surface area (Å²) >= 11 is 5.15. The topological polar surface area (TPSA) is 17.1 Å². The maximum Gasteiger partial charge on any atom is 0.221 e. The van der Waals surface area contributed by atoms with Crippen molar-refractivity contribution in [2.45, 2.75) is 85.0 Å². The number of hydrogen-bond acceptors (Lipinski definition) is 1. The van der Waals surface area contributed by atoms with Crippen molar-refractivity contribution in [2.75, 3.05) is 0 Å². The molecule has 0 aromatic carbocycles. The van der Waals surface area contributed by atoms with E-state index in [-0.39, 0.29) is 5.24 Å². The van der Waals surface area contributed by atoms with Crippen LogP contribution in [0.4, 0.5) is 0 Å². The highest BCUT2D eigenvalue weighted by atomic mass is 35.5. The maximum atomic E-state index is 10.2. The lowest BCUT2D eigenvalue weighted by Crippen LogP contribution is -1.85. The van der Waals surface area contributed by atoms with Crippen molar-refractivity contribution >= 4 is 16.8 Å². The Hall–Kier alpha value is -0.0400. The van der Waals surface area contributed by atoms with E-state index in [0.717, 1.165) is 12.8 Å². The van der Waals surface area contributed by atoms with Crippen LogP contribution < -0.4 is 0 Å². The highest BCUT2D eigenvalue weighted by molar-refractivity contribution is 6.63. The Morgan fingerprint density at radius 1 is 0.750 bits per heavy atom. The van der Waals surface area contributed by atoms with Gasteiger partial charge >= 0.3 is 0 Å². The molecule has 0 aromatic rings. The molecule has 0 radical (unpaired) electrons. The van der Waals surface area contributed by atoms with Gasteiger partial charge in [-0.1, -0.05) is 72.1 Å². The van der Waals surface area contributed by atoms with Gasteiger partial charge in [-0.05, 0) is 18.0 Å². The van der Waals surface area contributed by atoms with Gasteiger partial charge in [0.1, 0.15) is 0 Å². The van der Waals surface area contributed by atoms with Crippen molar-refractivity contribution in [1.29, 1.82) is 0 Å². The fourth-order valence-corrected chi connectivity index (χ4v) is 1.50. The van der Waals surface area contributed by atoms with Gasteiger partial charge in [-0.25, -0.2) is 0 Å². The third-order valence-electron chi connectivity index (χ3n) is 2.43. The molecule has 0 N–H and O–H groups in total. The molecule has 0 heterocycles. The Balaban J connectivity index is 0. The van der Waals surface area contributed by atoms with E-state index < -0.39 is 0 Å². The molecule has 0 aliphatic rings. The molecular weight excluding hydrogens is 220 g/mol. The van der Waals surface area contributed by atoms with Crippen molar-refractivity contribution < 1.29 is 4.79 Å². The Morgan fingerprint density at radius 3 is 1.50 bits per heavy atom. The number of hydrogen-bond donors (Lipinski definition) is 0. The number of carbonyl (C=O) groups excluding carboxylic acids is 1. The first kappa shape index (κ1) is 18.3. The predicted molar refractivity (Wildman–Crippen MR) is 74.1 cm³/mol. The van der Waals surface area contributed by atoms with Crippen LogP contribution in [0.2, 0.25) is 0 Å². The van der Waals surface area contributed by atoms with Crippen molar-refractivity contribution in [3.05, 3.63) is 0 Å². The van der Waals surface area contributed by atoms with Crippen LogP contribution in [-0.2, 0) is 4.79 Å². The highest BCUT2D eigenvalue weighted by Crippen LogP contribution is 2.05. The van der Waals surface area contributed by atoms with Crippen molar-refractivity contribution in [3.63, 3.8) is 0 Å². The average molecular weight is 249 g/mol. The van der Waals surface area contributed by atoms with Gasteiger partial charge in [0.2, 0.25) is 5.24 Å². The molecule has 98 valence electrons. The lowest BCUT2D eigenvalue weighted by molar-refractivity contribution is -0.111. The molecule has 0 unspecified atom stereocenters. The molecule has 0 spiro atoms. The highest BCUT2D eigenvalue weighted by Gasteiger charge is 1.94.